The molecule has 116 valence electrons. The smallest absolute Gasteiger partial charge is 0.253 e. The summed E-state index contributed by atoms with van der Waals surface area (Å²) in [6.45, 7) is 2.55. The highest BCUT2D eigenvalue weighted by atomic mass is 32.2. The molecule has 2 fully saturated rings. The maximum Gasteiger partial charge on any atom is 0.253 e. The van der Waals surface area contributed by atoms with Crippen molar-refractivity contribution in [3.63, 3.8) is 0 Å². The van der Waals surface area contributed by atoms with Gasteiger partial charge in [-0.1, -0.05) is 6.07 Å². The summed E-state index contributed by atoms with van der Waals surface area (Å²) in [6.07, 6.45) is 1.33. The van der Waals surface area contributed by atoms with Gasteiger partial charge >= 0.3 is 0 Å². The highest BCUT2D eigenvalue weighted by Crippen LogP contribution is 2.29. The Balaban J connectivity index is 1.81. The molecule has 3 heterocycles. The van der Waals surface area contributed by atoms with Gasteiger partial charge in [0, 0.05) is 19.6 Å². The molecule has 0 N–H and O–H groups in total. The lowest BCUT2D eigenvalue weighted by molar-refractivity contribution is -0.138. The van der Waals surface area contributed by atoms with E-state index in [9.17, 15) is 13.2 Å². The van der Waals surface area contributed by atoms with Crippen LogP contribution in [0.2, 0.25) is 0 Å². The minimum absolute atomic E-state index is 0.0871. The molecule has 0 unspecified atom stereocenters. The van der Waals surface area contributed by atoms with E-state index in [1.165, 1.54) is 15.6 Å². The average molecular weight is 330 g/mol. The van der Waals surface area contributed by atoms with Gasteiger partial charge < -0.3 is 9.64 Å². The van der Waals surface area contributed by atoms with Crippen molar-refractivity contribution >= 4 is 27.3 Å². The van der Waals surface area contributed by atoms with Gasteiger partial charge in [-0.2, -0.15) is 4.31 Å². The van der Waals surface area contributed by atoms with Crippen LogP contribution in [0.25, 0.3) is 0 Å². The van der Waals surface area contributed by atoms with E-state index < -0.39 is 16.1 Å². The van der Waals surface area contributed by atoms with Crippen LogP contribution in [0.15, 0.2) is 21.7 Å². The molecule has 1 atom stereocenters. The van der Waals surface area contributed by atoms with E-state index in [-0.39, 0.29) is 5.91 Å². The van der Waals surface area contributed by atoms with Crippen molar-refractivity contribution in [2.24, 2.45) is 0 Å². The van der Waals surface area contributed by atoms with E-state index in [1.54, 1.807) is 22.4 Å². The Kier molecular flexibility index (Phi) is 4.30. The predicted octanol–water partition coefficient (Wildman–Crippen LogP) is 0.760. The van der Waals surface area contributed by atoms with Crippen LogP contribution in [0.5, 0.6) is 0 Å². The van der Waals surface area contributed by atoms with Gasteiger partial charge in [-0.3, -0.25) is 4.79 Å². The quantitative estimate of drug-likeness (QED) is 0.821. The Morgan fingerprint density at radius 1 is 1.29 bits per heavy atom. The second kappa shape index (κ2) is 6.04. The standard InChI is InChI=1S/C13H18N2O4S2/c16-13(14-6-8-19-9-7-14)11-3-1-5-15(11)21(17,18)12-4-2-10-20-12/h2,4,10-11H,1,3,5-9H2/t11-/m1/s1. The topological polar surface area (TPSA) is 66.9 Å². The van der Waals surface area contributed by atoms with Gasteiger partial charge in [0.05, 0.1) is 13.2 Å². The molecule has 0 aromatic carbocycles. The first-order valence-electron chi connectivity index (χ1n) is 7.02. The lowest BCUT2D eigenvalue weighted by Crippen LogP contribution is -2.50. The average Bonchev–Trinajstić information content (AvgIpc) is 3.19. The van der Waals surface area contributed by atoms with Gasteiger partial charge in [0.25, 0.3) is 10.0 Å². The SMILES string of the molecule is O=C([C@H]1CCCN1S(=O)(=O)c1cccs1)N1CCOCC1. The van der Waals surface area contributed by atoms with Crippen molar-refractivity contribution < 1.29 is 17.9 Å². The summed E-state index contributed by atoms with van der Waals surface area (Å²) in [7, 11) is -3.56. The fraction of sp³-hybridized carbons (Fsp3) is 0.615. The lowest BCUT2D eigenvalue weighted by atomic mass is 10.2. The van der Waals surface area contributed by atoms with Gasteiger partial charge in [-0.05, 0) is 24.3 Å². The van der Waals surface area contributed by atoms with Crippen molar-refractivity contribution in [2.45, 2.75) is 23.1 Å². The normalized spacial score (nSPS) is 24.4. The largest absolute Gasteiger partial charge is 0.378 e. The number of ether oxygens (including phenoxy) is 1. The molecule has 0 saturated carbocycles. The second-order valence-electron chi connectivity index (χ2n) is 5.14. The minimum atomic E-state index is -3.56. The minimum Gasteiger partial charge on any atom is -0.378 e. The van der Waals surface area contributed by atoms with E-state index in [0.29, 0.717) is 43.5 Å². The summed E-state index contributed by atoms with van der Waals surface area (Å²) in [5, 5.41) is 1.74. The van der Waals surface area contributed by atoms with E-state index in [4.69, 9.17) is 4.74 Å². The van der Waals surface area contributed by atoms with Crippen LogP contribution in [0, 0.1) is 0 Å². The summed E-state index contributed by atoms with van der Waals surface area (Å²) >= 11 is 1.19. The predicted molar refractivity (Wildman–Crippen MR) is 78.6 cm³/mol. The van der Waals surface area contributed by atoms with E-state index in [0.717, 1.165) is 6.42 Å². The molecule has 0 bridgehead atoms. The fourth-order valence-corrected chi connectivity index (χ4v) is 5.57. The summed E-state index contributed by atoms with van der Waals surface area (Å²) in [5.41, 5.74) is 0. The molecule has 21 heavy (non-hydrogen) atoms. The van der Waals surface area contributed by atoms with Crippen LogP contribution in [0.1, 0.15) is 12.8 Å². The van der Waals surface area contributed by atoms with Crippen LogP contribution in [0.3, 0.4) is 0 Å². The number of thiophene rings is 1. The molecule has 8 heteroatoms. The first-order valence-corrected chi connectivity index (χ1v) is 9.34. The van der Waals surface area contributed by atoms with Crippen molar-refractivity contribution in [3.05, 3.63) is 17.5 Å². The third-order valence-corrected chi connectivity index (χ3v) is 7.15. The van der Waals surface area contributed by atoms with Gasteiger partial charge in [0.1, 0.15) is 10.3 Å². The summed E-state index contributed by atoms with van der Waals surface area (Å²) in [4.78, 5) is 14.3. The van der Waals surface area contributed by atoms with Crippen molar-refractivity contribution in [1.82, 2.24) is 9.21 Å². The van der Waals surface area contributed by atoms with Crippen molar-refractivity contribution in [1.29, 1.82) is 0 Å². The molecule has 1 aromatic rings. The molecule has 2 aliphatic rings. The number of hydrogen-bond acceptors (Lipinski definition) is 5. The highest BCUT2D eigenvalue weighted by molar-refractivity contribution is 7.91. The Hall–Kier alpha value is -0.960. The van der Waals surface area contributed by atoms with Gasteiger partial charge in [-0.15, -0.1) is 11.3 Å². The molecule has 1 aromatic heterocycles. The molecule has 2 aliphatic heterocycles. The fourth-order valence-electron chi connectivity index (χ4n) is 2.79. The summed E-state index contributed by atoms with van der Waals surface area (Å²) < 4.78 is 32.2. The maximum absolute atomic E-state index is 12.6. The molecule has 3 rings (SSSR count). The Bertz CT molecular complexity index is 594. The van der Waals surface area contributed by atoms with E-state index in [2.05, 4.69) is 0 Å². The molecule has 2 saturated heterocycles. The van der Waals surface area contributed by atoms with E-state index >= 15 is 0 Å². The first-order chi connectivity index (χ1) is 10.1. The molecule has 6 nitrogen and oxygen atoms in total. The molecule has 1 amide bonds. The number of nitrogens with zero attached hydrogens (tertiary/aromatic N) is 2. The summed E-state index contributed by atoms with van der Waals surface area (Å²) in [6, 6.07) is 2.75. The van der Waals surface area contributed by atoms with Crippen molar-refractivity contribution in [2.75, 3.05) is 32.8 Å². The van der Waals surface area contributed by atoms with Crippen LogP contribution in [-0.2, 0) is 19.6 Å². The number of rotatable bonds is 3. The van der Waals surface area contributed by atoms with Crippen LogP contribution >= 0.6 is 11.3 Å². The third kappa shape index (κ3) is 2.85. The van der Waals surface area contributed by atoms with Crippen LogP contribution in [0.4, 0.5) is 0 Å². The first kappa shape index (κ1) is 15.0. The van der Waals surface area contributed by atoms with Crippen LogP contribution < -0.4 is 0 Å². The lowest BCUT2D eigenvalue weighted by Gasteiger charge is -2.31. The zero-order chi connectivity index (χ0) is 14.9. The Labute approximate surface area is 128 Å². The van der Waals surface area contributed by atoms with Gasteiger partial charge in [0.15, 0.2) is 0 Å². The Morgan fingerprint density at radius 2 is 2.05 bits per heavy atom. The van der Waals surface area contributed by atoms with Gasteiger partial charge in [-0.25, -0.2) is 8.42 Å². The van der Waals surface area contributed by atoms with Crippen LogP contribution in [-0.4, -0.2) is 62.4 Å². The number of sulfonamides is 1. The van der Waals surface area contributed by atoms with Crippen molar-refractivity contribution in [3.8, 4) is 0 Å². The summed E-state index contributed by atoms with van der Waals surface area (Å²) in [5.74, 6) is -0.0871. The molecule has 0 spiro atoms. The molecular weight excluding hydrogens is 312 g/mol. The molecule has 0 radical (unpaired) electrons. The van der Waals surface area contributed by atoms with Gasteiger partial charge in [0.2, 0.25) is 5.91 Å². The second-order valence-corrected chi connectivity index (χ2v) is 8.21. The number of carbonyl (C=O) groups excluding carboxylic acids is 1. The number of hydrogen-bond donors (Lipinski definition) is 0. The molecular formula is C13H18N2O4S2. The zero-order valence-corrected chi connectivity index (χ0v) is 13.2. The monoisotopic (exact) mass is 330 g/mol. The third-order valence-electron chi connectivity index (χ3n) is 3.87. The number of amides is 1. The zero-order valence-electron chi connectivity index (χ0n) is 11.6. The molecule has 0 aliphatic carbocycles. The van der Waals surface area contributed by atoms with E-state index in [1.807, 2.05) is 0 Å². The maximum atomic E-state index is 12.6. The highest BCUT2D eigenvalue weighted by Gasteiger charge is 2.41. The number of morpholine rings is 1. The number of carbonyl (C=O) groups is 1. The Morgan fingerprint density at radius 3 is 2.71 bits per heavy atom.